The molecule has 18 heavy (non-hydrogen) atoms. The van der Waals surface area contributed by atoms with Crippen LogP contribution < -0.4 is 4.90 Å². The second-order valence-corrected chi connectivity index (χ2v) is 3.99. The van der Waals surface area contributed by atoms with Gasteiger partial charge in [-0.1, -0.05) is 0 Å². The molecule has 92 valence electrons. The summed E-state index contributed by atoms with van der Waals surface area (Å²) in [4.78, 5) is 18.8. The van der Waals surface area contributed by atoms with Crippen LogP contribution in [0.2, 0.25) is 0 Å². The number of hydrogen-bond donors (Lipinski definition) is 0. The summed E-state index contributed by atoms with van der Waals surface area (Å²) in [5.41, 5.74) is 0.894. The SMILES string of the molecule is c1cnc(N2CCOC(c3ccncn3)C2)nc1. The van der Waals surface area contributed by atoms with Gasteiger partial charge in [0, 0.05) is 25.1 Å². The molecule has 1 saturated heterocycles. The summed E-state index contributed by atoms with van der Waals surface area (Å²) in [5.74, 6) is 0.736. The van der Waals surface area contributed by atoms with Gasteiger partial charge >= 0.3 is 0 Å². The van der Waals surface area contributed by atoms with E-state index in [0.717, 1.165) is 18.2 Å². The van der Waals surface area contributed by atoms with Crippen molar-refractivity contribution in [1.29, 1.82) is 0 Å². The van der Waals surface area contributed by atoms with E-state index in [4.69, 9.17) is 4.74 Å². The molecule has 6 nitrogen and oxygen atoms in total. The first-order chi connectivity index (χ1) is 8.93. The third kappa shape index (κ3) is 2.28. The Morgan fingerprint density at radius 3 is 2.83 bits per heavy atom. The fourth-order valence-electron chi connectivity index (χ4n) is 1.96. The lowest BCUT2D eigenvalue weighted by atomic mass is 10.2. The van der Waals surface area contributed by atoms with E-state index >= 15 is 0 Å². The summed E-state index contributed by atoms with van der Waals surface area (Å²) in [6.07, 6.45) is 6.71. The van der Waals surface area contributed by atoms with E-state index < -0.39 is 0 Å². The molecule has 2 aromatic heterocycles. The van der Waals surface area contributed by atoms with Crippen LogP contribution in [0.1, 0.15) is 11.8 Å². The van der Waals surface area contributed by atoms with E-state index in [9.17, 15) is 0 Å². The van der Waals surface area contributed by atoms with E-state index in [1.807, 2.05) is 12.1 Å². The number of nitrogens with zero attached hydrogens (tertiary/aromatic N) is 5. The molecule has 0 aliphatic carbocycles. The van der Waals surface area contributed by atoms with E-state index in [-0.39, 0.29) is 6.10 Å². The number of hydrogen-bond acceptors (Lipinski definition) is 6. The summed E-state index contributed by atoms with van der Waals surface area (Å²) < 4.78 is 5.73. The van der Waals surface area contributed by atoms with Crippen LogP contribution in [0.4, 0.5) is 5.95 Å². The van der Waals surface area contributed by atoms with E-state index in [0.29, 0.717) is 13.2 Å². The van der Waals surface area contributed by atoms with Crippen molar-refractivity contribution >= 4 is 5.95 Å². The highest BCUT2D eigenvalue weighted by atomic mass is 16.5. The van der Waals surface area contributed by atoms with Gasteiger partial charge in [-0.2, -0.15) is 0 Å². The molecule has 0 N–H and O–H groups in total. The highest BCUT2D eigenvalue weighted by molar-refractivity contribution is 5.30. The molecule has 1 atom stereocenters. The molecule has 0 bridgehead atoms. The lowest BCUT2D eigenvalue weighted by Crippen LogP contribution is -2.39. The minimum Gasteiger partial charge on any atom is -0.368 e. The maximum atomic E-state index is 5.73. The van der Waals surface area contributed by atoms with E-state index in [1.165, 1.54) is 6.33 Å². The molecule has 1 fully saturated rings. The van der Waals surface area contributed by atoms with Gasteiger partial charge < -0.3 is 9.64 Å². The number of aromatic nitrogens is 4. The molecule has 1 unspecified atom stereocenters. The average molecular weight is 243 g/mol. The van der Waals surface area contributed by atoms with Crippen molar-refractivity contribution in [2.45, 2.75) is 6.10 Å². The predicted octanol–water partition coefficient (Wildman–Crippen LogP) is 0.844. The summed E-state index contributed by atoms with van der Waals surface area (Å²) in [6, 6.07) is 3.69. The molecule has 1 aliphatic heterocycles. The van der Waals surface area contributed by atoms with Gasteiger partial charge in [0.05, 0.1) is 18.8 Å². The van der Waals surface area contributed by atoms with Crippen LogP contribution in [0.15, 0.2) is 37.1 Å². The quantitative estimate of drug-likeness (QED) is 0.779. The summed E-state index contributed by atoms with van der Waals surface area (Å²) in [6.45, 7) is 2.15. The molecular weight excluding hydrogens is 230 g/mol. The Balaban J connectivity index is 1.77. The van der Waals surface area contributed by atoms with E-state index in [1.54, 1.807) is 18.6 Å². The molecular formula is C12H13N5O. The maximum Gasteiger partial charge on any atom is 0.225 e. The standard InChI is InChI=1S/C12H13N5O/c1-3-14-12(15-4-1)17-6-7-18-11(8-17)10-2-5-13-9-16-10/h1-5,9,11H,6-8H2. The van der Waals surface area contributed by atoms with Crippen LogP contribution >= 0.6 is 0 Å². The van der Waals surface area contributed by atoms with E-state index in [2.05, 4.69) is 24.8 Å². The Bertz CT molecular complexity index is 447. The summed E-state index contributed by atoms with van der Waals surface area (Å²) in [5, 5.41) is 0. The van der Waals surface area contributed by atoms with Crippen LogP contribution in [-0.4, -0.2) is 39.6 Å². The van der Waals surface area contributed by atoms with Crippen molar-refractivity contribution in [3.05, 3.63) is 42.7 Å². The topological polar surface area (TPSA) is 64.0 Å². The largest absolute Gasteiger partial charge is 0.368 e. The second kappa shape index (κ2) is 5.05. The Hall–Kier alpha value is -2.08. The van der Waals surface area contributed by atoms with Crippen molar-refractivity contribution in [1.82, 2.24) is 19.9 Å². The first kappa shape index (κ1) is 11.0. The number of morpholine rings is 1. The van der Waals surface area contributed by atoms with Crippen molar-refractivity contribution in [2.75, 3.05) is 24.6 Å². The zero-order chi connectivity index (χ0) is 12.2. The second-order valence-electron chi connectivity index (χ2n) is 3.99. The van der Waals surface area contributed by atoms with Crippen LogP contribution in [0, 0.1) is 0 Å². The van der Waals surface area contributed by atoms with Crippen molar-refractivity contribution in [2.24, 2.45) is 0 Å². The molecule has 1 aliphatic rings. The van der Waals surface area contributed by atoms with Gasteiger partial charge in [-0.25, -0.2) is 19.9 Å². The van der Waals surface area contributed by atoms with Crippen LogP contribution in [0.5, 0.6) is 0 Å². The van der Waals surface area contributed by atoms with Crippen LogP contribution in [0.25, 0.3) is 0 Å². The fourth-order valence-corrected chi connectivity index (χ4v) is 1.96. The van der Waals surface area contributed by atoms with Crippen LogP contribution in [0.3, 0.4) is 0 Å². The smallest absolute Gasteiger partial charge is 0.225 e. The van der Waals surface area contributed by atoms with Gasteiger partial charge in [0.15, 0.2) is 0 Å². The van der Waals surface area contributed by atoms with Gasteiger partial charge in [-0.15, -0.1) is 0 Å². The average Bonchev–Trinajstić information content (AvgIpc) is 2.49. The molecule has 3 heterocycles. The molecule has 3 rings (SSSR count). The number of rotatable bonds is 2. The minimum atomic E-state index is -0.0504. The lowest BCUT2D eigenvalue weighted by molar-refractivity contribution is 0.0364. The lowest BCUT2D eigenvalue weighted by Gasteiger charge is -2.32. The van der Waals surface area contributed by atoms with Crippen molar-refractivity contribution < 1.29 is 4.74 Å². The van der Waals surface area contributed by atoms with Gasteiger partial charge in [-0.05, 0) is 12.1 Å². The van der Waals surface area contributed by atoms with Crippen molar-refractivity contribution in [3.8, 4) is 0 Å². The third-order valence-corrected chi connectivity index (χ3v) is 2.84. The molecule has 0 amide bonds. The molecule has 0 aromatic carbocycles. The Morgan fingerprint density at radius 2 is 2.06 bits per heavy atom. The predicted molar refractivity (Wildman–Crippen MR) is 65.0 cm³/mol. The molecule has 0 spiro atoms. The maximum absolute atomic E-state index is 5.73. The molecule has 2 aromatic rings. The first-order valence-electron chi connectivity index (χ1n) is 5.83. The molecule has 6 heteroatoms. The minimum absolute atomic E-state index is 0.0504. The number of anilines is 1. The fraction of sp³-hybridized carbons (Fsp3) is 0.333. The highest BCUT2D eigenvalue weighted by Crippen LogP contribution is 2.21. The monoisotopic (exact) mass is 243 g/mol. The Morgan fingerprint density at radius 1 is 1.17 bits per heavy atom. The molecule has 0 saturated carbocycles. The Labute approximate surface area is 105 Å². The summed E-state index contributed by atoms with van der Waals surface area (Å²) in [7, 11) is 0. The normalized spacial score (nSPS) is 19.8. The zero-order valence-electron chi connectivity index (χ0n) is 9.81. The van der Waals surface area contributed by atoms with Crippen LogP contribution in [-0.2, 0) is 4.74 Å². The number of ether oxygens (including phenoxy) is 1. The molecule has 0 radical (unpaired) electrons. The Kier molecular flexibility index (Phi) is 3.10. The van der Waals surface area contributed by atoms with Crippen molar-refractivity contribution in [3.63, 3.8) is 0 Å². The summed E-state index contributed by atoms with van der Waals surface area (Å²) >= 11 is 0. The van der Waals surface area contributed by atoms with Gasteiger partial charge in [0.2, 0.25) is 5.95 Å². The first-order valence-corrected chi connectivity index (χ1v) is 5.83. The van der Waals surface area contributed by atoms with Gasteiger partial charge in [0.1, 0.15) is 12.4 Å². The van der Waals surface area contributed by atoms with Gasteiger partial charge in [-0.3, -0.25) is 0 Å². The van der Waals surface area contributed by atoms with Gasteiger partial charge in [0.25, 0.3) is 0 Å². The zero-order valence-corrected chi connectivity index (χ0v) is 9.81. The highest BCUT2D eigenvalue weighted by Gasteiger charge is 2.24. The third-order valence-electron chi connectivity index (χ3n) is 2.84.